The first-order chi connectivity index (χ1) is 16.5. The van der Waals surface area contributed by atoms with E-state index in [1.165, 1.54) is 44.9 Å². The van der Waals surface area contributed by atoms with Gasteiger partial charge in [0.1, 0.15) is 23.0 Å². The van der Waals surface area contributed by atoms with Crippen LogP contribution >= 0.6 is 0 Å². The smallest absolute Gasteiger partial charge is 0.321 e. The molecule has 0 aliphatic heterocycles. The molecule has 3 N–H and O–H groups in total. The molecule has 186 valence electrons. The van der Waals surface area contributed by atoms with Crippen molar-refractivity contribution in [2.75, 3.05) is 13.2 Å². The number of carbonyl (C=O) groups excluding carboxylic acids is 2. The van der Waals surface area contributed by atoms with Crippen molar-refractivity contribution in [3.8, 4) is 23.0 Å². The van der Waals surface area contributed by atoms with Crippen molar-refractivity contribution in [3.63, 3.8) is 0 Å². The molecule has 2 aromatic carbocycles. The van der Waals surface area contributed by atoms with Crippen molar-refractivity contribution in [1.29, 1.82) is 0 Å². The number of amides is 3. The van der Waals surface area contributed by atoms with Crippen LogP contribution in [0.4, 0.5) is 4.79 Å². The Kier molecular flexibility index (Phi) is 12.4. The van der Waals surface area contributed by atoms with E-state index in [0.29, 0.717) is 23.8 Å². The zero-order valence-electron chi connectivity index (χ0n) is 20.2. The number of benzene rings is 2. The average Bonchev–Trinajstić information content (AvgIpc) is 2.83. The molecule has 2 rings (SSSR count). The van der Waals surface area contributed by atoms with Gasteiger partial charge in [0.15, 0.2) is 6.61 Å². The molecule has 0 aliphatic carbocycles. The second kappa shape index (κ2) is 15.6. The summed E-state index contributed by atoms with van der Waals surface area (Å²) in [5.74, 6) is 1.37. The Morgan fingerprint density at radius 1 is 0.765 bits per heavy atom. The highest BCUT2D eigenvalue weighted by Crippen LogP contribution is 2.25. The van der Waals surface area contributed by atoms with Crippen LogP contribution in [0.3, 0.4) is 0 Å². The van der Waals surface area contributed by atoms with Crippen molar-refractivity contribution >= 4 is 11.9 Å². The summed E-state index contributed by atoms with van der Waals surface area (Å²) in [7, 11) is 0. The second-order valence-corrected chi connectivity index (χ2v) is 8.42. The molecule has 0 atom stereocenters. The standard InChI is InChI=1S/C27H38N2O5/c1-2-3-4-5-6-7-8-9-10-11-20-29(27(28)32)26(31)21-33-23-16-18-25(19-17-23)34-24-14-12-22(30)13-15-24/h12-19,30H,2-11,20-21H2,1H3,(H2,28,32). The Morgan fingerprint density at radius 3 is 1.76 bits per heavy atom. The Morgan fingerprint density at radius 2 is 1.24 bits per heavy atom. The second-order valence-electron chi connectivity index (χ2n) is 8.42. The molecule has 0 spiro atoms. The van der Waals surface area contributed by atoms with Crippen LogP contribution in [0.25, 0.3) is 0 Å². The van der Waals surface area contributed by atoms with Crippen molar-refractivity contribution in [3.05, 3.63) is 48.5 Å². The molecule has 0 radical (unpaired) electrons. The lowest BCUT2D eigenvalue weighted by Gasteiger charge is -2.18. The minimum atomic E-state index is -0.748. The molecule has 7 nitrogen and oxygen atoms in total. The number of hydrogen-bond acceptors (Lipinski definition) is 5. The third-order valence-corrected chi connectivity index (χ3v) is 5.56. The number of nitrogens with two attached hydrogens (primary N) is 1. The van der Waals surface area contributed by atoms with E-state index < -0.39 is 11.9 Å². The summed E-state index contributed by atoms with van der Waals surface area (Å²) in [5, 5.41) is 9.33. The molecule has 2 aromatic rings. The molecule has 0 aromatic heterocycles. The first-order valence-electron chi connectivity index (χ1n) is 12.3. The molecule has 34 heavy (non-hydrogen) atoms. The van der Waals surface area contributed by atoms with Crippen LogP contribution in [0.15, 0.2) is 48.5 Å². The highest BCUT2D eigenvalue weighted by molar-refractivity contribution is 5.94. The maximum atomic E-state index is 12.4. The zero-order chi connectivity index (χ0) is 24.6. The molecule has 3 amide bonds. The SMILES string of the molecule is CCCCCCCCCCCCN(C(N)=O)C(=O)COc1ccc(Oc2ccc(O)cc2)cc1. The van der Waals surface area contributed by atoms with Gasteiger partial charge in [0.2, 0.25) is 0 Å². The summed E-state index contributed by atoms with van der Waals surface area (Å²) in [5.41, 5.74) is 5.41. The number of primary amides is 1. The summed E-state index contributed by atoms with van der Waals surface area (Å²) in [6, 6.07) is 12.4. The Balaban J connectivity index is 1.66. The van der Waals surface area contributed by atoms with E-state index in [4.69, 9.17) is 15.2 Å². The van der Waals surface area contributed by atoms with Gasteiger partial charge in [-0.15, -0.1) is 0 Å². The van der Waals surface area contributed by atoms with Gasteiger partial charge in [-0.25, -0.2) is 4.79 Å². The van der Waals surface area contributed by atoms with Crippen molar-refractivity contribution in [2.24, 2.45) is 5.73 Å². The van der Waals surface area contributed by atoms with Crippen LogP contribution in [0.5, 0.6) is 23.0 Å². The lowest BCUT2D eigenvalue weighted by molar-refractivity contribution is -0.130. The highest BCUT2D eigenvalue weighted by atomic mass is 16.5. The quantitative estimate of drug-likeness (QED) is 0.277. The van der Waals surface area contributed by atoms with Gasteiger partial charge in [0.05, 0.1) is 0 Å². The molecule has 0 saturated heterocycles. The first kappa shape index (κ1) is 27.0. The highest BCUT2D eigenvalue weighted by Gasteiger charge is 2.19. The fraction of sp³-hybridized carbons (Fsp3) is 0.481. The van der Waals surface area contributed by atoms with Crippen LogP contribution in [0.2, 0.25) is 0 Å². The Bertz CT molecular complexity index is 852. The van der Waals surface area contributed by atoms with Crippen LogP contribution in [0, 0.1) is 0 Å². The number of ether oxygens (including phenoxy) is 2. The van der Waals surface area contributed by atoms with E-state index in [9.17, 15) is 14.7 Å². The molecule has 0 unspecified atom stereocenters. The summed E-state index contributed by atoms with van der Waals surface area (Å²) in [6.07, 6.45) is 11.8. The number of phenols is 1. The third kappa shape index (κ3) is 10.6. The van der Waals surface area contributed by atoms with E-state index >= 15 is 0 Å². The number of urea groups is 1. The van der Waals surface area contributed by atoms with Gasteiger partial charge in [0.25, 0.3) is 5.91 Å². The van der Waals surface area contributed by atoms with Crippen LogP contribution in [-0.4, -0.2) is 35.1 Å². The Labute approximate surface area is 202 Å². The van der Waals surface area contributed by atoms with Gasteiger partial charge in [-0.3, -0.25) is 9.69 Å². The number of hydrogen-bond donors (Lipinski definition) is 2. The fourth-order valence-electron chi connectivity index (χ4n) is 3.59. The van der Waals surface area contributed by atoms with Crippen molar-refractivity contribution in [1.82, 2.24) is 4.90 Å². The molecule has 0 heterocycles. The van der Waals surface area contributed by atoms with Crippen molar-refractivity contribution < 1.29 is 24.2 Å². The van der Waals surface area contributed by atoms with Gasteiger partial charge in [0, 0.05) is 6.54 Å². The first-order valence-corrected chi connectivity index (χ1v) is 12.3. The lowest BCUT2D eigenvalue weighted by atomic mass is 10.1. The fourth-order valence-corrected chi connectivity index (χ4v) is 3.59. The monoisotopic (exact) mass is 470 g/mol. The number of imide groups is 1. The molecule has 0 fully saturated rings. The molecule has 0 bridgehead atoms. The Hall–Kier alpha value is -3.22. The van der Waals surface area contributed by atoms with Gasteiger partial charge < -0.3 is 20.3 Å². The summed E-state index contributed by atoms with van der Waals surface area (Å²) in [4.78, 5) is 25.2. The number of unbranched alkanes of at least 4 members (excludes halogenated alkanes) is 9. The normalized spacial score (nSPS) is 10.6. The minimum absolute atomic E-state index is 0.166. The molecule has 0 aliphatic rings. The van der Waals surface area contributed by atoms with Crippen LogP contribution < -0.4 is 15.2 Å². The van der Waals surface area contributed by atoms with Crippen LogP contribution in [0.1, 0.15) is 71.1 Å². The van der Waals surface area contributed by atoms with E-state index in [0.717, 1.165) is 24.2 Å². The van der Waals surface area contributed by atoms with Gasteiger partial charge in [-0.1, -0.05) is 64.7 Å². The van der Waals surface area contributed by atoms with Gasteiger partial charge in [-0.05, 0) is 55.0 Å². The molecule has 7 heteroatoms. The van der Waals surface area contributed by atoms with Crippen LogP contribution in [-0.2, 0) is 4.79 Å². The topological polar surface area (TPSA) is 102 Å². The van der Waals surface area contributed by atoms with E-state index in [1.54, 1.807) is 48.5 Å². The summed E-state index contributed by atoms with van der Waals surface area (Å²) < 4.78 is 11.2. The van der Waals surface area contributed by atoms with E-state index in [-0.39, 0.29) is 12.4 Å². The molecular formula is C27H38N2O5. The number of rotatable bonds is 16. The number of carbonyl (C=O) groups is 2. The van der Waals surface area contributed by atoms with Gasteiger partial charge in [-0.2, -0.15) is 0 Å². The number of phenolic OH excluding ortho intramolecular Hbond substituents is 1. The number of aromatic hydroxyl groups is 1. The molecule has 0 saturated carbocycles. The molecular weight excluding hydrogens is 432 g/mol. The maximum absolute atomic E-state index is 12.4. The summed E-state index contributed by atoms with van der Waals surface area (Å²) in [6.45, 7) is 2.27. The average molecular weight is 471 g/mol. The third-order valence-electron chi connectivity index (χ3n) is 5.56. The lowest BCUT2D eigenvalue weighted by Crippen LogP contribution is -2.43. The minimum Gasteiger partial charge on any atom is -0.508 e. The predicted octanol–water partition coefficient (Wildman–Crippen LogP) is 6.39. The number of nitrogens with zero attached hydrogens (tertiary/aromatic N) is 1. The van der Waals surface area contributed by atoms with Gasteiger partial charge >= 0.3 is 6.03 Å². The van der Waals surface area contributed by atoms with Crippen molar-refractivity contribution in [2.45, 2.75) is 71.1 Å². The summed E-state index contributed by atoms with van der Waals surface area (Å²) >= 11 is 0. The maximum Gasteiger partial charge on any atom is 0.321 e. The predicted molar refractivity (Wildman–Crippen MR) is 133 cm³/mol. The van der Waals surface area contributed by atoms with E-state index in [2.05, 4.69) is 6.92 Å². The van der Waals surface area contributed by atoms with E-state index in [1.807, 2.05) is 0 Å². The zero-order valence-corrected chi connectivity index (χ0v) is 20.2. The largest absolute Gasteiger partial charge is 0.508 e.